The fourth-order valence-corrected chi connectivity index (χ4v) is 6.43. The van der Waals surface area contributed by atoms with Crippen molar-refractivity contribution in [3.63, 3.8) is 0 Å². The summed E-state index contributed by atoms with van der Waals surface area (Å²) in [5, 5.41) is 6.17. The molecule has 33 heavy (non-hydrogen) atoms. The van der Waals surface area contributed by atoms with E-state index in [1.165, 1.54) is 36.3 Å². The van der Waals surface area contributed by atoms with E-state index in [0.29, 0.717) is 16.7 Å². The Hall–Kier alpha value is -1.80. The minimum Gasteiger partial charge on any atom is -0.368 e. The molecule has 5 rings (SSSR count). The van der Waals surface area contributed by atoms with Gasteiger partial charge < -0.3 is 10.2 Å². The van der Waals surface area contributed by atoms with E-state index in [1.807, 2.05) is 5.38 Å². The monoisotopic (exact) mass is 479 g/mol. The van der Waals surface area contributed by atoms with Gasteiger partial charge in [0.25, 0.3) is 0 Å². The average Bonchev–Trinajstić information content (AvgIpc) is 3.43. The Morgan fingerprint density at radius 3 is 2.55 bits per heavy atom. The molecule has 2 aliphatic carbocycles. The third kappa shape index (κ3) is 5.16. The van der Waals surface area contributed by atoms with Crippen LogP contribution in [-0.2, 0) is 11.0 Å². The van der Waals surface area contributed by atoms with Gasteiger partial charge in [-0.1, -0.05) is 13.0 Å². The van der Waals surface area contributed by atoms with Crippen molar-refractivity contribution in [1.29, 1.82) is 0 Å². The molecule has 2 saturated carbocycles. The van der Waals surface area contributed by atoms with Gasteiger partial charge in [0.1, 0.15) is 0 Å². The highest BCUT2D eigenvalue weighted by atomic mass is 32.1. The van der Waals surface area contributed by atoms with Crippen molar-refractivity contribution >= 4 is 33.0 Å². The zero-order chi connectivity index (χ0) is 23.2. The van der Waals surface area contributed by atoms with Crippen LogP contribution >= 0.6 is 11.3 Å². The predicted octanol–water partition coefficient (Wildman–Crippen LogP) is 5.37. The standard InChI is InChI=1S/C25H32F3N3OS/c1-16-2-5-19(6-3-16)29-24(32)21-12-17(21)14-30-8-10-31(11-9-30)22-15-33-23-13-18(25(26,27)28)4-7-20(22)23/h4,7,13,15-17,19,21H,2-3,5-6,8-12,14H2,1H3,(H,29,32)/t16?,17-,19?,21+/m0/s1. The summed E-state index contributed by atoms with van der Waals surface area (Å²) in [6, 6.07) is 4.41. The summed E-state index contributed by atoms with van der Waals surface area (Å²) in [5.41, 5.74) is 0.447. The van der Waals surface area contributed by atoms with Crippen molar-refractivity contribution in [3.05, 3.63) is 29.1 Å². The fraction of sp³-hybridized carbons (Fsp3) is 0.640. The molecule has 1 N–H and O–H groups in total. The number of benzene rings is 1. The maximum atomic E-state index is 13.0. The first-order valence-electron chi connectivity index (χ1n) is 12.1. The third-order valence-electron chi connectivity index (χ3n) is 7.71. The van der Waals surface area contributed by atoms with Crippen LogP contribution in [0.1, 0.15) is 44.6 Å². The number of hydrogen-bond donors (Lipinski definition) is 1. The maximum absolute atomic E-state index is 13.0. The quantitative estimate of drug-likeness (QED) is 0.626. The molecular weight excluding hydrogens is 447 g/mol. The van der Waals surface area contributed by atoms with Gasteiger partial charge in [-0.3, -0.25) is 9.69 Å². The third-order valence-corrected chi connectivity index (χ3v) is 8.64. The van der Waals surface area contributed by atoms with E-state index in [2.05, 4.69) is 22.0 Å². The molecule has 1 saturated heterocycles. The number of piperazine rings is 1. The van der Waals surface area contributed by atoms with Crippen LogP contribution in [0, 0.1) is 17.8 Å². The van der Waals surface area contributed by atoms with Crippen LogP contribution in [0.5, 0.6) is 0 Å². The van der Waals surface area contributed by atoms with Crippen molar-refractivity contribution in [1.82, 2.24) is 10.2 Å². The molecule has 1 amide bonds. The van der Waals surface area contributed by atoms with E-state index < -0.39 is 11.7 Å². The number of amides is 1. The van der Waals surface area contributed by atoms with Gasteiger partial charge in [-0.25, -0.2) is 0 Å². The molecule has 1 aliphatic heterocycles. The van der Waals surface area contributed by atoms with Crippen LogP contribution in [0.4, 0.5) is 18.9 Å². The molecule has 2 heterocycles. The van der Waals surface area contributed by atoms with Crippen LogP contribution < -0.4 is 10.2 Å². The second kappa shape index (κ2) is 9.10. The van der Waals surface area contributed by atoms with Gasteiger partial charge in [-0.2, -0.15) is 13.2 Å². The Labute approximate surface area is 197 Å². The van der Waals surface area contributed by atoms with Gasteiger partial charge in [0.05, 0.1) is 11.3 Å². The topological polar surface area (TPSA) is 35.6 Å². The fourth-order valence-electron chi connectivity index (χ4n) is 5.42. The Kier molecular flexibility index (Phi) is 6.33. The number of anilines is 1. The van der Waals surface area contributed by atoms with E-state index in [9.17, 15) is 18.0 Å². The number of nitrogens with one attached hydrogen (secondary N) is 1. The normalized spacial score (nSPS) is 28.8. The van der Waals surface area contributed by atoms with E-state index in [1.54, 1.807) is 6.07 Å². The molecule has 2 atom stereocenters. The molecule has 3 fully saturated rings. The predicted molar refractivity (Wildman–Crippen MR) is 127 cm³/mol. The zero-order valence-electron chi connectivity index (χ0n) is 19.0. The van der Waals surface area contributed by atoms with Crippen molar-refractivity contribution in [2.24, 2.45) is 17.8 Å². The van der Waals surface area contributed by atoms with Gasteiger partial charge in [-0.15, -0.1) is 11.3 Å². The second-order valence-electron chi connectivity index (χ2n) is 10.2. The molecule has 1 aromatic heterocycles. The van der Waals surface area contributed by atoms with Crippen molar-refractivity contribution in [2.75, 3.05) is 37.6 Å². The number of rotatable bonds is 5. The molecule has 3 aliphatic rings. The van der Waals surface area contributed by atoms with Crippen molar-refractivity contribution in [2.45, 2.75) is 51.2 Å². The van der Waals surface area contributed by atoms with Crippen molar-refractivity contribution in [3.8, 4) is 0 Å². The molecule has 1 aromatic carbocycles. The van der Waals surface area contributed by atoms with Crippen LogP contribution in [0.3, 0.4) is 0 Å². The lowest BCUT2D eigenvalue weighted by atomic mass is 9.87. The highest BCUT2D eigenvalue weighted by Crippen LogP contribution is 2.41. The number of nitrogens with zero attached hydrogens (tertiary/aromatic N) is 2. The lowest BCUT2D eigenvalue weighted by Crippen LogP contribution is -2.47. The van der Waals surface area contributed by atoms with Gasteiger partial charge in [0.15, 0.2) is 0 Å². The molecule has 8 heteroatoms. The smallest absolute Gasteiger partial charge is 0.368 e. The summed E-state index contributed by atoms with van der Waals surface area (Å²) < 4.78 is 39.7. The van der Waals surface area contributed by atoms with Gasteiger partial charge in [-0.05, 0) is 56.1 Å². The molecule has 0 radical (unpaired) electrons. The number of halogens is 3. The van der Waals surface area contributed by atoms with Crippen LogP contribution in [0.2, 0.25) is 0 Å². The molecular formula is C25H32F3N3OS. The first-order valence-corrected chi connectivity index (χ1v) is 13.0. The van der Waals surface area contributed by atoms with Crippen molar-refractivity contribution < 1.29 is 18.0 Å². The number of hydrogen-bond acceptors (Lipinski definition) is 4. The Balaban J connectivity index is 1.10. The van der Waals surface area contributed by atoms with E-state index in [-0.39, 0.29) is 11.8 Å². The second-order valence-corrected chi connectivity index (χ2v) is 11.1. The summed E-state index contributed by atoms with van der Waals surface area (Å²) in [6.45, 7) is 6.81. The number of carbonyl (C=O) groups excluding carboxylic acids is 1. The van der Waals surface area contributed by atoms with Gasteiger partial charge >= 0.3 is 6.18 Å². The molecule has 0 unspecified atom stereocenters. The van der Waals surface area contributed by atoms with Gasteiger partial charge in [0, 0.05) is 60.1 Å². The van der Waals surface area contributed by atoms with Crippen LogP contribution in [0.25, 0.3) is 10.1 Å². The SMILES string of the molecule is CC1CCC(NC(=O)[C@@H]2C[C@H]2CN2CCN(c3csc4cc(C(F)(F)F)ccc34)CC2)CC1. The number of alkyl halides is 3. The Morgan fingerprint density at radius 1 is 1.12 bits per heavy atom. The average molecular weight is 480 g/mol. The molecule has 0 bridgehead atoms. The number of thiophene rings is 1. The lowest BCUT2D eigenvalue weighted by molar-refractivity contribution is -0.137. The summed E-state index contributed by atoms with van der Waals surface area (Å²) in [4.78, 5) is 17.3. The Bertz CT molecular complexity index is 990. The van der Waals surface area contributed by atoms with E-state index >= 15 is 0 Å². The highest BCUT2D eigenvalue weighted by molar-refractivity contribution is 7.17. The summed E-state index contributed by atoms with van der Waals surface area (Å²) in [5.74, 6) is 1.67. The highest BCUT2D eigenvalue weighted by Gasteiger charge is 2.44. The Morgan fingerprint density at radius 2 is 1.85 bits per heavy atom. The molecule has 180 valence electrons. The summed E-state index contributed by atoms with van der Waals surface area (Å²) in [6.07, 6.45) is 1.34. The minimum absolute atomic E-state index is 0.172. The van der Waals surface area contributed by atoms with E-state index in [4.69, 9.17) is 0 Å². The van der Waals surface area contributed by atoms with Crippen LogP contribution in [0.15, 0.2) is 23.6 Å². The molecule has 4 nitrogen and oxygen atoms in total. The largest absolute Gasteiger partial charge is 0.416 e. The van der Waals surface area contributed by atoms with Crippen LogP contribution in [-0.4, -0.2) is 49.6 Å². The summed E-state index contributed by atoms with van der Waals surface area (Å²) >= 11 is 1.38. The summed E-state index contributed by atoms with van der Waals surface area (Å²) in [7, 11) is 0. The van der Waals surface area contributed by atoms with E-state index in [0.717, 1.165) is 69.0 Å². The lowest BCUT2D eigenvalue weighted by Gasteiger charge is -2.36. The molecule has 2 aromatic rings. The number of fused-ring (bicyclic) bond motifs is 1. The molecule has 0 spiro atoms. The maximum Gasteiger partial charge on any atom is 0.416 e. The first-order chi connectivity index (χ1) is 15.8. The minimum atomic E-state index is -4.31. The number of carbonyl (C=O) groups is 1. The first kappa shape index (κ1) is 23.0. The van der Waals surface area contributed by atoms with Gasteiger partial charge in [0.2, 0.25) is 5.91 Å². The zero-order valence-corrected chi connectivity index (χ0v) is 19.9.